The van der Waals surface area contributed by atoms with Crippen LogP contribution in [-0.4, -0.2) is 39.1 Å². The summed E-state index contributed by atoms with van der Waals surface area (Å²) in [6.07, 6.45) is -4.52. The largest absolute Gasteiger partial charge is 0.416 e. The number of nitrogens with zero attached hydrogens (tertiary/aromatic N) is 2. The van der Waals surface area contributed by atoms with Gasteiger partial charge in [-0.05, 0) is 48.0 Å². The Hall–Kier alpha value is -4.32. The van der Waals surface area contributed by atoms with Crippen LogP contribution in [0.1, 0.15) is 31.8 Å². The lowest BCUT2D eigenvalue weighted by atomic mass is 10.1. The number of alkyl halides is 3. The molecule has 38 heavy (non-hydrogen) atoms. The number of halogens is 3. The molecule has 0 bridgehead atoms. The molecule has 2 heterocycles. The number of anilines is 1. The van der Waals surface area contributed by atoms with Crippen LogP contribution in [0.4, 0.5) is 19.1 Å². The average Bonchev–Trinajstić information content (AvgIpc) is 3.11. The van der Waals surface area contributed by atoms with Gasteiger partial charge in [0.15, 0.2) is 0 Å². The third kappa shape index (κ3) is 5.07. The number of primary amides is 1. The smallest absolute Gasteiger partial charge is 0.366 e. The number of hydrogen-bond donors (Lipinski definition) is 3. The molecule has 1 aliphatic heterocycles. The number of aromatic nitrogens is 2. The number of carbonyl (C=O) groups is 3. The van der Waals surface area contributed by atoms with E-state index in [1.54, 1.807) is 30.3 Å². The maximum atomic E-state index is 13.3. The van der Waals surface area contributed by atoms with Crippen molar-refractivity contribution in [2.45, 2.75) is 23.7 Å². The van der Waals surface area contributed by atoms with Gasteiger partial charge in [-0.2, -0.15) is 13.2 Å². The Balaban J connectivity index is 1.48. The monoisotopic (exact) mass is 539 g/mol. The molecule has 194 valence electrons. The molecule has 4 N–H and O–H groups in total. The minimum Gasteiger partial charge on any atom is -0.366 e. The first kappa shape index (κ1) is 25.3. The fourth-order valence-corrected chi connectivity index (χ4v) is 5.21. The highest BCUT2D eigenvalue weighted by Gasteiger charge is 2.31. The fraction of sp³-hybridized carbons (Fsp3) is 0.154. The highest BCUT2D eigenvalue weighted by molar-refractivity contribution is 7.99. The lowest BCUT2D eigenvalue weighted by Crippen LogP contribution is -2.44. The van der Waals surface area contributed by atoms with Crippen molar-refractivity contribution in [3.05, 3.63) is 89.0 Å². The van der Waals surface area contributed by atoms with Crippen LogP contribution in [0.25, 0.3) is 11.0 Å². The summed E-state index contributed by atoms with van der Waals surface area (Å²) in [6, 6.07) is 15.4. The van der Waals surface area contributed by atoms with Gasteiger partial charge in [0.05, 0.1) is 28.7 Å². The molecule has 4 aromatic rings. The minimum atomic E-state index is -4.52. The molecule has 0 unspecified atom stereocenters. The van der Waals surface area contributed by atoms with Crippen molar-refractivity contribution in [3.8, 4) is 0 Å². The quantitative estimate of drug-likeness (QED) is 0.354. The Kier molecular flexibility index (Phi) is 6.57. The van der Waals surface area contributed by atoms with Gasteiger partial charge in [-0.1, -0.05) is 24.3 Å². The average molecular weight is 540 g/mol. The van der Waals surface area contributed by atoms with E-state index < -0.39 is 35.5 Å². The number of fused-ring (bicyclic) bond motifs is 2. The molecule has 1 atom stereocenters. The molecule has 0 radical (unpaired) electrons. The highest BCUT2D eigenvalue weighted by Crippen LogP contribution is 2.31. The normalized spacial score (nSPS) is 15.4. The molecule has 0 spiro atoms. The first-order chi connectivity index (χ1) is 18.1. The SMILES string of the molecule is NC(=O)c1ccc2c(c1)nc(NC(=O)[C@@H]1CSc3ccccc3C(=O)N1)n2Cc1cccc(C(F)(F)F)c1. The summed E-state index contributed by atoms with van der Waals surface area (Å²) in [7, 11) is 0. The van der Waals surface area contributed by atoms with Gasteiger partial charge in [-0.15, -0.1) is 11.8 Å². The zero-order chi connectivity index (χ0) is 27.0. The third-order valence-corrected chi connectivity index (χ3v) is 7.19. The summed E-state index contributed by atoms with van der Waals surface area (Å²) in [4.78, 5) is 42.8. The van der Waals surface area contributed by atoms with Crippen LogP contribution in [-0.2, 0) is 17.5 Å². The van der Waals surface area contributed by atoms with Crippen LogP contribution in [0.5, 0.6) is 0 Å². The molecular formula is C26H20F3N5O3S. The standard InChI is InChI=1S/C26H20F3N5O3S/c27-26(28,29)16-5-3-4-14(10-16)12-34-20-9-8-15(22(30)35)11-18(20)32-25(34)33-24(37)19-13-38-21-7-2-1-6-17(21)23(36)31-19/h1-11,19H,12-13H2,(H2,30,35)(H,31,36)(H,32,33,37)/t19-/m0/s1. The van der Waals surface area contributed by atoms with Crippen LogP contribution >= 0.6 is 11.8 Å². The first-order valence-electron chi connectivity index (χ1n) is 11.4. The summed E-state index contributed by atoms with van der Waals surface area (Å²) in [5.74, 6) is -1.31. The van der Waals surface area contributed by atoms with Crippen molar-refractivity contribution in [1.82, 2.24) is 14.9 Å². The van der Waals surface area contributed by atoms with Gasteiger partial charge < -0.3 is 15.6 Å². The number of imidazole rings is 1. The summed E-state index contributed by atoms with van der Waals surface area (Å²) >= 11 is 1.35. The summed E-state index contributed by atoms with van der Waals surface area (Å²) in [5, 5.41) is 5.42. The predicted molar refractivity (Wildman–Crippen MR) is 136 cm³/mol. The number of hydrogen-bond acceptors (Lipinski definition) is 5. The van der Waals surface area contributed by atoms with E-state index in [2.05, 4.69) is 15.6 Å². The Bertz CT molecular complexity index is 1580. The van der Waals surface area contributed by atoms with Crippen LogP contribution in [0.15, 0.2) is 71.6 Å². The van der Waals surface area contributed by atoms with Crippen molar-refractivity contribution in [2.75, 3.05) is 11.1 Å². The lowest BCUT2D eigenvalue weighted by molar-refractivity contribution is -0.137. The second-order valence-corrected chi connectivity index (χ2v) is 9.67. The molecule has 0 saturated heterocycles. The van der Waals surface area contributed by atoms with E-state index in [9.17, 15) is 27.6 Å². The van der Waals surface area contributed by atoms with Crippen LogP contribution in [0.2, 0.25) is 0 Å². The van der Waals surface area contributed by atoms with Gasteiger partial charge in [-0.3, -0.25) is 19.7 Å². The van der Waals surface area contributed by atoms with E-state index in [0.717, 1.165) is 17.0 Å². The fourth-order valence-electron chi connectivity index (χ4n) is 4.14. The van der Waals surface area contributed by atoms with Gasteiger partial charge >= 0.3 is 6.18 Å². The summed E-state index contributed by atoms with van der Waals surface area (Å²) in [6.45, 7) is -0.0524. The molecule has 1 aliphatic rings. The van der Waals surface area contributed by atoms with Crippen LogP contribution in [0.3, 0.4) is 0 Å². The Morgan fingerprint density at radius 1 is 1.11 bits per heavy atom. The second-order valence-electron chi connectivity index (χ2n) is 8.61. The number of nitrogens with one attached hydrogen (secondary N) is 2. The number of nitrogens with two attached hydrogens (primary N) is 1. The molecule has 12 heteroatoms. The van der Waals surface area contributed by atoms with E-state index in [1.165, 1.54) is 40.6 Å². The number of amides is 3. The Morgan fingerprint density at radius 2 is 1.89 bits per heavy atom. The summed E-state index contributed by atoms with van der Waals surface area (Å²) < 4.78 is 41.4. The van der Waals surface area contributed by atoms with Crippen molar-refractivity contribution < 1.29 is 27.6 Å². The van der Waals surface area contributed by atoms with Gasteiger partial charge in [0.1, 0.15) is 6.04 Å². The van der Waals surface area contributed by atoms with E-state index >= 15 is 0 Å². The van der Waals surface area contributed by atoms with E-state index in [4.69, 9.17) is 5.73 Å². The molecule has 0 fully saturated rings. The maximum absolute atomic E-state index is 13.3. The zero-order valence-electron chi connectivity index (χ0n) is 19.6. The first-order valence-corrected chi connectivity index (χ1v) is 12.4. The van der Waals surface area contributed by atoms with Gasteiger partial charge in [-0.25, -0.2) is 4.98 Å². The summed E-state index contributed by atoms with van der Waals surface area (Å²) in [5.41, 5.74) is 6.32. The molecule has 0 aliphatic carbocycles. The van der Waals surface area contributed by atoms with E-state index in [0.29, 0.717) is 22.2 Å². The molecule has 1 aromatic heterocycles. The van der Waals surface area contributed by atoms with Gasteiger partial charge in [0.2, 0.25) is 17.8 Å². The van der Waals surface area contributed by atoms with Crippen molar-refractivity contribution in [2.24, 2.45) is 5.73 Å². The lowest BCUT2D eigenvalue weighted by Gasteiger charge is -2.16. The number of carbonyl (C=O) groups excluding carboxylic acids is 3. The van der Waals surface area contributed by atoms with Gasteiger partial charge in [0, 0.05) is 16.2 Å². The molecule has 3 amide bonds. The second kappa shape index (κ2) is 9.86. The molecule has 3 aromatic carbocycles. The number of thioether (sulfide) groups is 1. The molecule has 5 rings (SSSR count). The van der Waals surface area contributed by atoms with Crippen molar-refractivity contribution in [1.29, 1.82) is 0 Å². The zero-order valence-corrected chi connectivity index (χ0v) is 20.4. The molecule has 0 saturated carbocycles. The number of rotatable bonds is 5. The molecular weight excluding hydrogens is 519 g/mol. The third-order valence-electron chi connectivity index (χ3n) is 6.02. The van der Waals surface area contributed by atoms with Crippen molar-refractivity contribution >= 4 is 46.5 Å². The van der Waals surface area contributed by atoms with Gasteiger partial charge in [0.25, 0.3) is 5.91 Å². The Morgan fingerprint density at radius 3 is 2.66 bits per heavy atom. The number of benzene rings is 3. The van der Waals surface area contributed by atoms with Crippen molar-refractivity contribution in [3.63, 3.8) is 0 Å². The molecule has 8 nitrogen and oxygen atoms in total. The Labute approximate surface area is 218 Å². The van der Waals surface area contributed by atoms with Crippen LogP contribution < -0.4 is 16.4 Å². The minimum absolute atomic E-state index is 0.0463. The van der Waals surface area contributed by atoms with Crippen LogP contribution in [0, 0.1) is 0 Å². The highest BCUT2D eigenvalue weighted by atomic mass is 32.2. The van der Waals surface area contributed by atoms with E-state index in [-0.39, 0.29) is 23.8 Å². The maximum Gasteiger partial charge on any atom is 0.416 e. The van der Waals surface area contributed by atoms with E-state index in [1.807, 2.05) is 0 Å². The topological polar surface area (TPSA) is 119 Å². The predicted octanol–water partition coefficient (Wildman–Crippen LogP) is 4.05.